The van der Waals surface area contributed by atoms with Crippen molar-refractivity contribution < 1.29 is 4.74 Å². The lowest BCUT2D eigenvalue weighted by molar-refractivity contribution is 0.455. The lowest BCUT2D eigenvalue weighted by atomic mass is 10.2. The van der Waals surface area contributed by atoms with Crippen LogP contribution < -0.4 is 10.1 Å². The van der Waals surface area contributed by atoms with Crippen LogP contribution >= 0.6 is 11.3 Å². The molecule has 0 bridgehead atoms. The van der Waals surface area contributed by atoms with Crippen molar-refractivity contribution in [2.24, 2.45) is 0 Å². The molecule has 5 heteroatoms. The van der Waals surface area contributed by atoms with Crippen molar-refractivity contribution in [3.05, 3.63) is 47.1 Å². The highest BCUT2D eigenvalue weighted by molar-refractivity contribution is 7.15. The fraction of sp³-hybridized carbons (Fsp3) is 0.312. The third-order valence-electron chi connectivity index (χ3n) is 3.70. The van der Waals surface area contributed by atoms with E-state index in [4.69, 9.17) is 4.74 Å². The number of rotatable bonds is 5. The van der Waals surface area contributed by atoms with Gasteiger partial charge in [-0.15, -0.1) is 11.3 Å². The van der Waals surface area contributed by atoms with Crippen molar-refractivity contribution in [3.8, 4) is 11.6 Å². The van der Waals surface area contributed by atoms with E-state index in [9.17, 15) is 0 Å². The summed E-state index contributed by atoms with van der Waals surface area (Å²) in [7, 11) is 0. The average Bonchev–Trinajstić information content (AvgIpc) is 3.10. The van der Waals surface area contributed by atoms with Gasteiger partial charge in [-0.1, -0.05) is 17.7 Å². The zero-order valence-corrected chi connectivity index (χ0v) is 12.7. The van der Waals surface area contributed by atoms with Gasteiger partial charge in [0.2, 0.25) is 5.88 Å². The molecule has 2 aromatic heterocycles. The molecule has 4 nitrogen and oxygen atoms in total. The SMILES string of the molecule is Cc1ccc(Oc2nc3sccn3c2CNC2CC2)cc1. The van der Waals surface area contributed by atoms with Crippen LogP contribution in [0.4, 0.5) is 0 Å². The first-order valence-electron chi connectivity index (χ1n) is 7.22. The molecule has 1 aliphatic carbocycles. The summed E-state index contributed by atoms with van der Waals surface area (Å²) in [6.07, 6.45) is 4.61. The zero-order valence-electron chi connectivity index (χ0n) is 11.9. The lowest BCUT2D eigenvalue weighted by Crippen LogP contribution is -2.16. The number of hydrogen-bond donors (Lipinski definition) is 1. The summed E-state index contributed by atoms with van der Waals surface area (Å²) in [5.74, 6) is 1.54. The molecule has 0 spiro atoms. The standard InChI is InChI=1S/C16H17N3OS/c1-11-2-6-13(7-3-11)20-15-14(10-17-12-4-5-12)19-8-9-21-16(19)18-15/h2-3,6-9,12,17H,4-5,10H2,1H3. The Morgan fingerprint density at radius 3 is 2.90 bits per heavy atom. The van der Waals surface area contributed by atoms with Crippen LogP contribution in [0.5, 0.6) is 11.6 Å². The van der Waals surface area contributed by atoms with Crippen LogP contribution in [0.1, 0.15) is 24.1 Å². The van der Waals surface area contributed by atoms with Crippen LogP contribution in [-0.2, 0) is 6.54 Å². The maximum Gasteiger partial charge on any atom is 0.243 e. The largest absolute Gasteiger partial charge is 0.437 e. The van der Waals surface area contributed by atoms with E-state index >= 15 is 0 Å². The van der Waals surface area contributed by atoms with E-state index in [2.05, 4.69) is 45.3 Å². The maximum absolute atomic E-state index is 6.00. The summed E-state index contributed by atoms with van der Waals surface area (Å²) in [5.41, 5.74) is 2.32. The first-order chi connectivity index (χ1) is 10.3. The Kier molecular flexibility index (Phi) is 3.16. The van der Waals surface area contributed by atoms with E-state index in [0.717, 1.165) is 22.9 Å². The molecule has 1 aromatic carbocycles. The van der Waals surface area contributed by atoms with Crippen molar-refractivity contribution in [1.82, 2.24) is 14.7 Å². The van der Waals surface area contributed by atoms with Crippen molar-refractivity contribution >= 4 is 16.3 Å². The molecule has 0 saturated heterocycles. The van der Waals surface area contributed by atoms with Gasteiger partial charge in [0.25, 0.3) is 0 Å². The van der Waals surface area contributed by atoms with Crippen LogP contribution in [0.2, 0.25) is 0 Å². The van der Waals surface area contributed by atoms with Gasteiger partial charge in [0.15, 0.2) is 4.96 Å². The number of imidazole rings is 1. The zero-order chi connectivity index (χ0) is 14.2. The topological polar surface area (TPSA) is 38.6 Å². The van der Waals surface area contributed by atoms with E-state index in [1.807, 2.05) is 12.1 Å². The number of aryl methyl sites for hydroxylation is 1. The van der Waals surface area contributed by atoms with E-state index in [0.29, 0.717) is 11.9 Å². The van der Waals surface area contributed by atoms with E-state index < -0.39 is 0 Å². The smallest absolute Gasteiger partial charge is 0.243 e. The number of thiazole rings is 1. The van der Waals surface area contributed by atoms with E-state index in [1.54, 1.807) is 11.3 Å². The van der Waals surface area contributed by atoms with Crippen LogP contribution in [0.25, 0.3) is 4.96 Å². The summed E-state index contributed by atoms with van der Waals surface area (Å²) in [5, 5.41) is 5.59. The van der Waals surface area contributed by atoms with Gasteiger partial charge in [-0.3, -0.25) is 4.40 Å². The number of hydrogen-bond acceptors (Lipinski definition) is 4. The van der Waals surface area contributed by atoms with E-state index in [-0.39, 0.29) is 0 Å². The number of nitrogens with one attached hydrogen (secondary N) is 1. The molecule has 2 heterocycles. The molecule has 0 unspecified atom stereocenters. The second kappa shape index (κ2) is 5.16. The molecule has 0 radical (unpaired) electrons. The fourth-order valence-corrected chi connectivity index (χ4v) is 3.03. The molecule has 1 saturated carbocycles. The first-order valence-corrected chi connectivity index (χ1v) is 8.10. The van der Waals surface area contributed by atoms with Gasteiger partial charge < -0.3 is 10.1 Å². The van der Waals surface area contributed by atoms with Gasteiger partial charge in [0.05, 0.1) is 0 Å². The van der Waals surface area contributed by atoms with Crippen molar-refractivity contribution in [1.29, 1.82) is 0 Å². The van der Waals surface area contributed by atoms with Gasteiger partial charge in [0.1, 0.15) is 11.4 Å². The number of fused-ring (bicyclic) bond motifs is 1. The van der Waals surface area contributed by atoms with E-state index in [1.165, 1.54) is 18.4 Å². The Bertz CT molecular complexity index is 756. The van der Waals surface area contributed by atoms with Gasteiger partial charge >= 0.3 is 0 Å². The second-order valence-corrected chi connectivity index (χ2v) is 6.36. The highest BCUT2D eigenvalue weighted by Gasteiger charge is 2.22. The molecule has 3 aromatic rings. The molecule has 0 aliphatic heterocycles. The summed E-state index contributed by atoms with van der Waals surface area (Å²) in [4.78, 5) is 5.58. The van der Waals surface area contributed by atoms with Crippen LogP contribution in [-0.4, -0.2) is 15.4 Å². The Labute approximate surface area is 127 Å². The van der Waals surface area contributed by atoms with Crippen LogP contribution in [0, 0.1) is 6.92 Å². The average molecular weight is 299 g/mol. The summed E-state index contributed by atoms with van der Waals surface area (Å²) in [6, 6.07) is 8.74. The molecule has 0 amide bonds. The molecule has 1 N–H and O–H groups in total. The summed E-state index contributed by atoms with van der Waals surface area (Å²) < 4.78 is 8.11. The first kappa shape index (κ1) is 12.9. The normalized spacial score (nSPS) is 14.7. The molecule has 108 valence electrons. The van der Waals surface area contributed by atoms with Crippen LogP contribution in [0.3, 0.4) is 0 Å². The minimum Gasteiger partial charge on any atom is -0.437 e. The van der Waals surface area contributed by atoms with Crippen molar-refractivity contribution in [2.75, 3.05) is 0 Å². The third-order valence-corrected chi connectivity index (χ3v) is 4.45. The monoisotopic (exact) mass is 299 g/mol. The second-order valence-electron chi connectivity index (χ2n) is 5.49. The maximum atomic E-state index is 6.00. The minimum atomic E-state index is 0.668. The summed E-state index contributed by atoms with van der Waals surface area (Å²) >= 11 is 1.63. The molecule has 4 rings (SSSR count). The van der Waals surface area contributed by atoms with Gasteiger partial charge in [-0.05, 0) is 31.9 Å². The summed E-state index contributed by atoms with van der Waals surface area (Å²) in [6.45, 7) is 2.87. The number of nitrogens with zero attached hydrogens (tertiary/aromatic N) is 2. The van der Waals surface area contributed by atoms with Gasteiger partial charge in [-0.2, -0.15) is 4.98 Å². The highest BCUT2D eigenvalue weighted by atomic mass is 32.1. The molecule has 1 fully saturated rings. The van der Waals surface area contributed by atoms with Crippen molar-refractivity contribution in [3.63, 3.8) is 0 Å². The van der Waals surface area contributed by atoms with Gasteiger partial charge in [0, 0.05) is 24.2 Å². The Morgan fingerprint density at radius 1 is 1.33 bits per heavy atom. The minimum absolute atomic E-state index is 0.668. The third kappa shape index (κ3) is 2.66. The van der Waals surface area contributed by atoms with Crippen LogP contribution in [0.15, 0.2) is 35.8 Å². The quantitative estimate of drug-likeness (QED) is 0.780. The Morgan fingerprint density at radius 2 is 2.14 bits per heavy atom. The molecular formula is C16H17N3OS. The number of ether oxygens (including phenoxy) is 1. The molecule has 1 aliphatic rings. The van der Waals surface area contributed by atoms with Gasteiger partial charge in [-0.25, -0.2) is 0 Å². The highest BCUT2D eigenvalue weighted by Crippen LogP contribution is 2.29. The Balaban J connectivity index is 1.64. The van der Waals surface area contributed by atoms with Crippen molar-refractivity contribution in [2.45, 2.75) is 32.4 Å². The fourth-order valence-electron chi connectivity index (χ4n) is 2.30. The predicted octanol–water partition coefficient (Wildman–Crippen LogP) is 3.75. The molecule has 21 heavy (non-hydrogen) atoms. The Hall–Kier alpha value is -1.85. The molecule has 0 atom stereocenters. The lowest BCUT2D eigenvalue weighted by Gasteiger charge is -2.07. The predicted molar refractivity (Wildman–Crippen MR) is 84.2 cm³/mol. The number of aromatic nitrogens is 2. The number of benzene rings is 1. The molecular weight excluding hydrogens is 282 g/mol.